The van der Waals surface area contributed by atoms with Gasteiger partial charge in [0.2, 0.25) is 11.7 Å². The van der Waals surface area contributed by atoms with Gasteiger partial charge in [0.1, 0.15) is 11.8 Å². The first kappa shape index (κ1) is 21.9. The highest BCUT2D eigenvalue weighted by molar-refractivity contribution is 6.23. The van der Waals surface area contributed by atoms with E-state index in [4.69, 9.17) is 18.9 Å². The Bertz CT molecular complexity index is 983. The number of benzene rings is 2. The van der Waals surface area contributed by atoms with E-state index in [0.29, 0.717) is 28.7 Å². The molecule has 2 aromatic carbocycles. The van der Waals surface area contributed by atoms with E-state index in [1.807, 2.05) is 0 Å². The van der Waals surface area contributed by atoms with Gasteiger partial charge in [-0.2, -0.15) is 0 Å². The molecule has 3 rings (SSSR count). The molecule has 31 heavy (non-hydrogen) atoms. The molecule has 0 spiro atoms. The SMILES string of the molecule is COc1ccccc1N1C(=O)C[C@H](NNC(=O)c2cc(OC)c(OC)c(OC)c2)C1=O. The molecule has 10 nitrogen and oxygen atoms in total. The van der Waals surface area contributed by atoms with Crippen molar-refractivity contribution in [1.82, 2.24) is 10.9 Å². The topological polar surface area (TPSA) is 115 Å². The second-order valence-electron chi connectivity index (χ2n) is 6.51. The number of carbonyl (C=O) groups is 3. The smallest absolute Gasteiger partial charge is 0.265 e. The Balaban J connectivity index is 1.74. The zero-order valence-corrected chi connectivity index (χ0v) is 17.6. The number of para-hydroxylation sites is 2. The van der Waals surface area contributed by atoms with Gasteiger partial charge in [-0.25, -0.2) is 10.3 Å². The van der Waals surface area contributed by atoms with Crippen LogP contribution >= 0.6 is 0 Å². The predicted molar refractivity (Wildman–Crippen MR) is 111 cm³/mol. The fourth-order valence-corrected chi connectivity index (χ4v) is 3.25. The summed E-state index contributed by atoms with van der Waals surface area (Å²) < 4.78 is 21.0. The minimum Gasteiger partial charge on any atom is -0.495 e. The Morgan fingerprint density at radius 2 is 1.55 bits per heavy atom. The minimum absolute atomic E-state index is 0.119. The average Bonchev–Trinajstić information content (AvgIpc) is 3.08. The minimum atomic E-state index is -0.927. The van der Waals surface area contributed by atoms with E-state index in [-0.39, 0.29) is 12.0 Å². The Morgan fingerprint density at radius 3 is 2.13 bits per heavy atom. The summed E-state index contributed by atoms with van der Waals surface area (Å²) in [5.74, 6) is -0.100. The van der Waals surface area contributed by atoms with Gasteiger partial charge >= 0.3 is 0 Å². The van der Waals surface area contributed by atoms with Crippen molar-refractivity contribution in [3.63, 3.8) is 0 Å². The lowest BCUT2D eigenvalue weighted by Gasteiger charge is -2.18. The summed E-state index contributed by atoms with van der Waals surface area (Å²) in [5, 5.41) is 0. The molecule has 0 radical (unpaired) electrons. The lowest BCUT2D eigenvalue weighted by molar-refractivity contribution is -0.121. The van der Waals surface area contributed by atoms with Crippen molar-refractivity contribution in [1.29, 1.82) is 0 Å². The molecule has 1 heterocycles. The maximum atomic E-state index is 12.8. The van der Waals surface area contributed by atoms with E-state index in [9.17, 15) is 14.4 Å². The number of hydrogen-bond acceptors (Lipinski definition) is 8. The normalized spacial score (nSPS) is 15.6. The van der Waals surface area contributed by atoms with Crippen LogP contribution in [0.15, 0.2) is 36.4 Å². The zero-order chi connectivity index (χ0) is 22.5. The molecular weight excluding hydrogens is 406 g/mol. The Labute approximate surface area is 179 Å². The number of carbonyl (C=O) groups excluding carboxylic acids is 3. The van der Waals surface area contributed by atoms with Gasteiger partial charge in [-0.3, -0.25) is 19.8 Å². The highest BCUT2D eigenvalue weighted by Crippen LogP contribution is 2.38. The van der Waals surface area contributed by atoms with Gasteiger partial charge < -0.3 is 18.9 Å². The van der Waals surface area contributed by atoms with Crippen molar-refractivity contribution >= 4 is 23.4 Å². The van der Waals surface area contributed by atoms with Gasteiger partial charge in [-0.05, 0) is 24.3 Å². The maximum Gasteiger partial charge on any atom is 0.265 e. The van der Waals surface area contributed by atoms with Crippen molar-refractivity contribution in [2.45, 2.75) is 12.5 Å². The predicted octanol–water partition coefficient (Wildman–Crippen LogP) is 1.29. The maximum absolute atomic E-state index is 12.8. The molecule has 1 aliphatic rings. The molecule has 0 bridgehead atoms. The lowest BCUT2D eigenvalue weighted by atomic mass is 10.1. The molecule has 2 aromatic rings. The van der Waals surface area contributed by atoms with Crippen LogP contribution in [0.3, 0.4) is 0 Å². The number of anilines is 1. The third kappa shape index (κ3) is 4.24. The fourth-order valence-electron chi connectivity index (χ4n) is 3.25. The van der Waals surface area contributed by atoms with E-state index in [1.54, 1.807) is 24.3 Å². The summed E-state index contributed by atoms with van der Waals surface area (Å²) in [5.41, 5.74) is 5.65. The number of hydrogen-bond donors (Lipinski definition) is 2. The van der Waals surface area contributed by atoms with Crippen LogP contribution < -0.4 is 34.7 Å². The number of imide groups is 1. The Kier molecular flexibility index (Phi) is 6.61. The van der Waals surface area contributed by atoms with E-state index in [2.05, 4.69) is 10.9 Å². The van der Waals surface area contributed by atoms with Gasteiger partial charge in [0.15, 0.2) is 11.5 Å². The largest absolute Gasteiger partial charge is 0.495 e. The zero-order valence-electron chi connectivity index (χ0n) is 17.6. The molecule has 3 amide bonds. The van der Waals surface area contributed by atoms with Crippen molar-refractivity contribution < 1.29 is 33.3 Å². The van der Waals surface area contributed by atoms with E-state index in [0.717, 1.165) is 4.90 Å². The molecule has 1 fully saturated rings. The van der Waals surface area contributed by atoms with Crippen LogP contribution in [0, 0.1) is 0 Å². The number of rotatable bonds is 8. The fraction of sp³-hybridized carbons (Fsp3) is 0.286. The first-order chi connectivity index (χ1) is 14.9. The number of nitrogens with one attached hydrogen (secondary N) is 2. The molecule has 0 unspecified atom stereocenters. The molecule has 2 N–H and O–H groups in total. The third-order valence-corrected chi connectivity index (χ3v) is 4.76. The van der Waals surface area contributed by atoms with E-state index >= 15 is 0 Å². The number of methoxy groups -OCH3 is 4. The first-order valence-electron chi connectivity index (χ1n) is 9.30. The molecule has 1 aliphatic heterocycles. The van der Waals surface area contributed by atoms with Crippen LogP contribution in [0.5, 0.6) is 23.0 Å². The quantitative estimate of drug-likeness (QED) is 0.477. The number of ether oxygens (including phenoxy) is 4. The standard InChI is InChI=1S/C21H23N3O7/c1-28-15-8-6-5-7-14(15)24-18(25)11-13(21(24)27)22-23-20(26)12-9-16(29-2)19(31-4)17(10-12)30-3/h5-10,13,22H,11H2,1-4H3,(H,23,26)/t13-/m0/s1. The Hall–Kier alpha value is -3.79. The second-order valence-corrected chi connectivity index (χ2v) is 6.51. The number of hydrazine groups is 1. The molecule has 10 heteroatoms. The summed E-state index contributed by atoms with van der Waals surface area (Å²) >= 11 is 0. The summed E-state index contributed by atoms with van der Waals surface area (Å²) in [7, 11) is 5.79. The van der Waals surface area contributed by atoms with E-state index in [1.165, 1.54) is 40.6 Å². The molecular formula is C21H23N3O7. The van der Waals surface area contributed by atoms with Crippen LogP contribution in [0.4, 0.5) is 5.69 Å². The summed E-state index contributed by atoms with van der Waals surface area (Å²) in [6.07, 6.45) is -0.119. The molecule has 0 saturated carbocycles. The van der Waals surface area contributed by atoms with Crippen LogP contribution in [0.1, 0.15) is 16.8 Å². The highest BCUT2D eigenvalue weighted by Gasteiger charge is 2.41. The van der Waals surface area contributed by atoms with Crippen molar-refractivity contribution in [2.75, 3.05) is 33.3 Å². The van der Waals surface area contributed by atoms with Crippen LogP contribution in [-0.2, 0) is 9.59 Å². The summed E-state index contributed by atoms with van der Waals surface area (Å²) in [4.78, 5) is 38.9. The third-order valence-electron chi connectivity index (χ3n) is 4.76. The first-order valence-corrected chi connectivity index (χ1v) is 9.30. The monoisotopic (exact) mass is 429 g/mol. The van der Waals surface area contributed by atoms with Crippen LogP contribution in [0.25, 0.3) is 0 Å². The van der Waals surface area contributed by atoms with Gasteiger partial charge in [0, 0.05) is 5.56 Å². The van der Waals surface area contributed by atoms with Crippen LogP contribution in [0.2, 0.25) is 0 Å². The molecule has 0 aromatic heterocycles. The number of amides is 3. The molecule has 1 saturated heterocycles. The van der Waals surface area contributed by atoms with Crippen molar-refractivity contribution in [2.24, 2.45) is 0 Å². The second kappa shape index (κ2) is 9.35. The molecule has 0 aliphatic carbocycles. The van der Waals surface area contributed by atoms with Crippen molar-refractivity contribution in [3.8, 4) is 23.0 Å². The molecule has 1 atom stereocenters. The summed E-state index contributed by atoms with van der Waals surface area (Å²) in [6.45, 7) is 0. The number of nitrogens with zero attached hydrogens (tertiary/aromatic N) is 1. The van der Waals surface area contributed by atoms with Gasteiger partial charge in [0.25, 0.3) is 11.8 Å². The molecule has 164 valence electrons. The Morgan fingerprint density at radius 1 is 0.935 bits per heavy atom. The summed E-state index contributed by atoms with van der Waals surface area (Å²) in [6, 6.07) is 8.73. The van der Waals surface area contributed by atoms with Gasteiger partial charge in [0.05, 0.1) is 40.5 Å². The van der Waals surface area contributed by atoms with E-state index < -0.39 is 23.8 Å². The average molecular weight is 429 g/mol. The highest BCUT2D eigenvalue weighted by atomic mass is 16.5. The van der Waals surface area contributed by atoms with Gasteiger partial charge in [-0.1, -0.05) is 12.1 Å². The lowest BCUT2D eigenvalue weighted by Crippen LogP contribution is -2.48. The van der Waals surface area contributed by atoms with Crippen LogP contribution in [-0.4, -0.2) is 52.2 Å². The van der Waals surface area contributed by atoms with Crippen molar-refractivity contribution in [3.05, 3.63) is 42.0 Å². The van der Waals surface area contributed by atoms with Gasteiger partial charge in [-0.15, -0.1) is 0 Å².